The van der Waals surface area contributed by atoms with Gasteiger partial charge in [0, 0.05) is 37.3 Å². The van der Waals surface area contributed by atoms with E-state index in [0.29, 0.717) is 11.7 Å². The molecule has 6 nitrogen and oxygen atoms in total. The molecule has 0 saturated carbocycles. The normalized spacial score (nSPS) is 15.4. The van der Waals surface area contributed by atoms with Crippen molar-refractivity contribution < 1.29 is 9.53 Å². The van der Waals surface area contributed by atoms with Crippen LogP contribution in [0.3, 0.4) is 0 Å². The Kier molecular flexibility index (Phi) is 8.66. The lowest BCUT2D eigenvalue weighted by Gasteiger charge is -2.32. The van der Waals surface area contributed by atoms with Gasteiger partial charge in [0.25, 0.3) is 0 Å². The van der Waals surface area contributed by atoms with Crippen LogP contribution < -0.4 is 4.74 Å². The standard InChI is InChI=1S/C27H34N4O2S/c1-21(34-26-28-15-16-29-26)24-8-10-25(11-9-24)33-27(32)31-18-13-22(14-19-31)12-17-30(2)20-23-6-4-3-5-7-23/h3-11,15-16,21-22H,12-14,17-20H2,1-2H3,(H,28,29). The maximum Gasteiger partial charge on any atom is 0.415 e. The number of benzene rings is 2. The van der Waals surface area contributed by atoms with E-state index < -0.39 is 0 Å². The van der Waals surface area contributed by atoms with E-state index in [4.69, 9.17) is 4.74 Å². The second-order valence-electron chi connectivity index (χ2n) is 9.03. The van der Waals surface area contributed by atoms with Gasteiger partial charge >= 0.3 is 6.09 Å². The van der Waals surface area contributed by atoms with E-state index in [1.807, 2.05) is 35.4 Å². The molecular weight excluding hydrogens is 444 g/mol. The van der Waals surface area contributed by atoms with Gasteiger partial charge in [-0.25, -0.2) is 9.78 Å². The lowest BCUT2D eigenvalue weighted by molar-refractivity contribution is 0.126. The molecule has 1 aliphatic rings. The van der Waals surface area contributed by atoms with Crippen LogP contribution in [0.25, 0.3) is 0 Å². The lowest BCUT2D eigenvalue weighted by atomic mass is 9.93. The number of rotatable bonds is 9. The van der Waals surface area contributed by atoms with Crippen molar-refractivity contribution in [3.05, 3.63) is 78.1 Å². The van der Waals surface area contributed by atoms with Crippen molar-refractivity contribution in [2.45, 2.75) is 43.1 Å². The fourth-order valence-corrected chi connectivity index (χ4v) is 5.19. The Morgan fingerprint density at radius 1 is 1.18 bits per heavy atom. The molecule has 1 N–H and O–H groups in total. The van der Waals surface area contributed by atoms with Gasteiger partial charge in [-0.1, -0.05) is 54.2 Å². The highest BCUT2D eigenvalue weighted by Gasteiger charge is 2.24. The summed E-state index contributed by atoms with van der Waals surface area (Å²) in [6.45, 7) is 5.72. The fourth-order valence-electron chi connectivity index (χ4n) is 4.30. The largest absolute Gasteiger partial charge is 0.415 e. The molecule has 0 bridgehead atoms. The van der Waals surface area contributed by atoms with E-state index in [1.165, 1.54) is 17.5 Å². The van der Waals surface area contributed by atoms with Crippen LogP contribution in [0, 0.1) is 5.92 Å². The third kappa shape index (κ3) is 7.11. The summed E-state index contributed by atoms with van der Waals surface area (Å²) in [4.78, 5) is 24.3. The highest BCUT2D eigenvalue weighted by Crippen LogP contribution is 2.33. The van der Waals surface area contributed by atoms with Crippen molar-refractivity contribution in [2.75, 3.05) is 26.7 Å². The molecule has 34 heavy (non-hydrogen) atoms. The van der Waals surface area contributed by atoms with Crippen molar-refractivity contribution in [1.82, 2.24) is 19.8 Å². The molecule has 1 atom stereocenters. The lowest BCUT2D eigenvalue weighted by Crippen LogP contribution is -2.40. The van der Waals surface area contributed by atoms with E-state index in [9.17, 15) is 4.79 Å². The Morgan fingerprint density at radius 2 is 1.91 bits per heavy atom. The van der Waals surface area contributed by atoms with Gasteiger partial charge in [0.15, 0.2) is 5.16 Å². The Bertz CT molecular complexity index is 1000. The van der Waals surface area contributed by atoms with Crippen molar-refractivity contribution in [1.29, 1.82) is 0 Å². The molecule has 0 spiro atoms. The van der Waals surface area contributed by atoms with E-state index in [1.54, 1.807) is 18.0 Å². The summed E-state index contributed by atoms with van der Waals surface area (Å²) < 4.78 is 5.65. The van der Waals surface area contributed by atoms with Crippen molar-refractivity contribution in [2.24, 2.45) is 5.92 Å². The minimum Gasteiger partial charge on any atom is -0.410 e. The molecule has 2 aromatic carbocycles. The second-order valence-corrected chi connectivity index (χ2v) is 10.4. The van der Waals surface area contributed by atoms with Gasteiger partial charge < -0.3 is 19.5 Å². The number of imidazole rings is 1. The summed E-state index contributed by atoms with van der Waals surface area (Å²) in [5.74, 6) is 1.25. The summed E-state index contributed by atoms with van der Waals surface area (Å²) in [6.07, 6.45) is 6.58. The highest BCUT2D eigenvalue weighted by atomic mass is 32.2. The van der Waals surface area contributed by atoms with Crippen LogP contribution in [0.4, 0.5) is 4.79 Å². The van der Waals surface area contributed by atoms with Crippen molar-refractivity contribution >= 4 is 17.9 Å². The molecule has 1 aromatic heterocycles. The number of piperidine rings is 1. The number of nitrogens with zero attached hydrogens (tertiary/aromatic N) is 3. The second kappa shape index (κ2) is 12.1. The molecule has 0 radical (unpaired) electrons. The average molecular weight is 479 g/mol. The quantitative estimate of drug-likeness (QED) is 0.383. The number of likely N-dealkylation sites (tertiary alicyclic amines) is 1. The third-order valence-electron chi connectivity index (χ3n) is 6.40. The fraction of sp³-hybridized carbons (Fsp3) is 0.407. The van der Waals surface area contributed by atoms with Gasteiger partial charge in [-0.15, -0.1) is 0 Å². The van der Waals surface area contributed by atoms with Crippen LogP contribution in [0.5, 0.6) is 5.75 Å². The first-order chi connectivity index (χ1) is 16.6. The van der Waals surface area contributed by atoms with Gasteiger partial charge in [0.05, 0.1) is 0 Å². The molecule has 1 aliphatic heterocycles. The maximum absolute atomic E-state index is 12.7. The molecule has 2 heterocycles. The van der Waals surface area contributed by atoms with E-state index in [2.05, 4.69) is 59.2 Å². The van der Waals surface area contributed by atoms with Crippen molar-refractivity contribution in [3.8, 4) is 5.75 Å². The smallest absolute Gasteiger partial charge is 0.410 e. The van der Waals surface area contributed by atoms with Crippen LogP contribution >= 0.6 is 11.8 Å². The van der Waals surface area contributed by atoms with E-state index in [0.717, 1.165) is 44.2 Å². The molecule has 1 saturated heterocycles. The van der Waals surface area contributed by atoms with Crippen LogP contribution in [-0.2, 0) is 6.54 Å². The molecule has 3 aromatic rings. The molecule has 180 valence electrons. The summed E-state index contributed by atoms with van der Waals surface area (Å²) in [5.41, 5.74) is 2.51. The number of H-pyrrole nitrogens is 1. The Labute approximate surface area is 206 Å². The number of carbonyl (C=O) groups is 1. The number of nitrogens with one attached hydrogen (secondary N) is 1. The summed E-state index contributed by atoms with van der Waals surface area (Å²) >= 11 is 1.67. The topological polar surface area (TPSA) is 61.5 Å². The Hall–Kier alpha value is -2.77. The van der Waals surface area contributed by atoms with E-state index in [-0.39, 0.29) is 11.3 Å². The number of amides is 1. The molecule has 1 unspecified atom stereocenters. The van der Waals surface area contributed by atoms with Crippen LogP contribution in [0.1, 0.15) is 42.6 Å². The van der Waals surface area contributed by atoms with Gasteiger partial charge in [0.2, 0.25) is 0 Å². The highest BCUT2D eigenvalue weighted by molar-refractivity contribution is 7.99. The zero-order valence-corrected chi connectivity index (χ0v) is 20.8. The first-order valence-electron chi connectivity index (χ1n) is 12.0. The Morgan fingerprint density at radius 3 is 2.59 bits per heavy atom. The molecule has 1 amide bonds. The zero-order valence-electron chi connectivity index (χ0n) is 20.0. The van der Waals surface area contributed by atoms with Crippen LogP contribution in [-0.4, -0.2) is 52.5 Å². The minimum absolute atomic E-state index is 0.245. The number of hydrogen-bond donors (Lipinski definition) is 1. The predicted molar refractivity (Wildman–Crippen MR) is 137 cm³/mol. The number of carbonyl (C=O) groups excluding carboxylic acids is 1. The molecular formula is C27H34N4O2S. The predicted octanol–water partition coefficient (Wildman–Crippen LogP) is 6.00. The van der Waals surface area contributed by atoms with Crippen LogP contribution in [0.15, 0.2) is 72.1 Å². The maximum atomic E-state index is 12.7. The number of thioether (sulfide) groups is 1. The van der Waals surface area contributed by atoms with Gasteiger partial charge in [-0.2, -0.15) is 0 Å². The zero-order chi connectivity index (χ0) is 23.8. The SMILES string of the molecule is CC(Sc1ncc[nH]1)c1ccc(OC(=O)N2CCC(CCN(C)Cc3ccccc3)CC2)cc1. The van der Waals surface area contributed by atoms with Crippen molar-refractivity contribution in [3.63, 3.8) is 0 Å². The molecule has 4 rings (SSSR count). The summed E-state index contributed by atoms with van der Waals surface area (Å²) in [6, 6.07) is 18.4. The van der Waals surface area contributed by atoms with Gasteiger partial charge in [-0.3, -0.25) is 0 Å². The number of aromatic amines is 1. The molecule has 0 aliphatic carbocycles. The van der Waals surface area contributed by atoms with Gasteiger partial charge in [-0.05, 0) is 69.0 Å². The van der Waals surface area contributed by atoms with E-state index >= 15 is 0 Å². The minimum atomic E-state index is -0.245. The first-order valence-corrected chi connectivity index (χ1v) is 12.9. The number of hydrogen-bond acceptors (Lipinski definition) is 5. The molecule has 7 heteroatoms. The Balaban J connectivity index is 1.17. The average Bonchev–Trinajstić information content (AvgIpc) is 3.37. The van der Waals surface area contributed by atoms with Gasteiger partial charge in [0.1, 0.15) is 5.75 Å². The summed E-state index contributed by atoms with van der Waals surface area (Å²) in [5, 5.41) is 1.15. The molecule has 1 fully saturated rings. The van der Waals surface area contributed by atoms with Crippen LogP contribution in [0.2, 0.25) is 0 Å². The monoisotopic (exact) mass is 478 g/mol. The summed E-state index contributed by atoms with van der Waals surface area (Å²) in [7, 11) is 2.18. The number of ether oxygens (including phenoxy) is 1. The first kappa shape index (κ1) is 24.4. The third-order valence-corrected chi connectivity index (χ3v) is 7.48. The number of aromatic nitrogens is 2.